The van der Waals surface area contributed by atoms with Gasteiger partial charge in [0.1, 0.15) is 11.5 Å². The van der Waals surface area contributed by atoms with Gasteiger partial charge in [0.2, 0.25) is 0 Å². The molecule has 2 heterocycles. The summed E-state index contributed by atoms with van der Waals surface area (Å²) in [5.41, 5.74) is 3.38. The van der Waals surface area contributed by atoms with Crippen molar-refractivity contribution >= 4 is 11.0 Å². The molecule has 0 aromatic carbocycles. The summed E-state index contributed by atoms with van der Waals surface area (Å²) in [6.45, 7) is 13.0. The van der Waals surface area contributed by atoms with Crippen LogP contribution < -0.4 is 0 Å². The van der Waals surface area contributed by atoms with Gasteiger partial charge in [-0.15, -0.1) is 0 Å². The van der Waals surface area contributed by atoms with Crippen molar-refractivity contribution in [3.63, 3.8) is 0 Å². The highest BCUT2D eigenvalue weighted by atomic mass is 15.0. The Bertz CT molecular complexity index is 550. The van der Waals surface area contributed by atoms with Crippen LogP contribution in [0.5, 0.6) is 0 Å². The SMILES string of the molecule is CC(C)c1nc(C(C)C)c2cc(C(C)C)[nH]c2n1. The Kier molecular flexibility index (Phi) is 3.42. The molecule has 18 heavy (non-hydrogen) atoms. The molecule has 0 saturated heterocycles. The third-order valence-electron chi connectivity index (χ3n) is 3.24. The van der Waals surface area contributed by atoms with Crippen LogP contribution >= 0.6 is 0 Å². The standard InChI is InChI=1S/C15H23N3/c1-8(2)12-7-11-13(9(3)4)17-14(10(5)6)18-15(11)16-12/h7-10H,1-6H3,(H,16,17,18). The Morgan fingerprint density at radius 1 is 0.889 bits per heavy atom. The Morgan fingerprint density at radius 2 is 1.56 bits per heavy atom. The van der Waals surface area contributed by atoms with E-state index in [1.54, 1.807) is 0 Å². The third kappa shape index (κ3) is 2.26. The van der Waals surface area contributed by atoms with E-state index in [0.29, 0.717) is 17.8 Å². The molecule has 0 amide bonds. The number of nitrogens with zero attached hydrogens (tertiary/aromatic N) is 2. The van der Waals surface area contributed by atoms with Crippen molar-refractivity contribution in [3.8, 4) is 0 Å². The van der Waals surface area contributed by atoms with Gasteiger partial charge >= 0.3 is 0 Å². The van der Waals surface area contributed by atoms with Crippen molar-refractivity contribution in [2.75, 3.05) is 0 Å². The second-order valence-corrected chi connectivity index (χ2v) is 5.92. The molecular formula is C15H23N3. The van der Waals surface area contributed by atoms with Crippen molar-refractivity contribution in [2.24, 2.45) is 0 Å². The maximum Gasteiger partial charge on any atom is 0.141 e. The monoisotopic (exact) mass is 245 g/mol. The van der Waals surface area contributed by atoms with Gasteiger partial charge in [0, 0.05) is 17.0 Å². The quantitative estimate of drug-likeness (QED) is 0.874. The van der Waals surface area contributed by atoms with Crippen molar-refractivity contribution < 1.29 is 0 Å². The maximum absolute atomic E-state index is 4.74. The summed E-state index contributed by atoms with van der Waals surface area (Å²) in [6, 6.07) is 2.21. The smallest absolute Gasteiger partial charge is 0.141 e. The molecular weight excluding hydrogens is 222 g/mol. The summed E-state index contributed by atoms with van der Waals surface area (Å²) in [5.74, 6) is 2.20. The van der Waals surface area contributed by atoms with E-state index in [9.17, 15) is 0 Å². The summed E-state index contributed by atoms with van der Waals surface area (Å²) in [7, 11) is 0. The van der Waals surface area contributed by atoms with Crippen molar-refractivity contribution in [2.45, 2.75) is 59.3 Å². The van der Waals surface area contributed by atoms with E-state index in [2.05, 4.69) is 57.6 Å². The van der Waals surface area contributed by atoms with Gasteiger partial charge < -0.3 is 4.98 Å². The molecule has 98 valence electrons. The molecule has 0 aliphatic carbocycles. The Labute approximate surface area is 109 Å². The molecule has 1 N–H and O–H groups in total. The molecule has 0 fully saturated rings. The van der Waals surface area contributed by atoms with Crippen LogP contribution in [-0.2, 0) is 0 Å². The number of aromatic amines is 1. The zero-order valence-electron chi connectivity index (χ0n) is 12.2. The minimum absolute atomic E-state index is 0.359. The fraction of sp³-hybridized carbons (Fsp3) is 0.600. The van der Waals surface area contributed by atoms with Gasteiger partial charge in [-0.25, -0.2) is 9.97 Å². The lowest BCUT2D eigenvalue weighted by Gasteiger charge is -2.10. The fourth-order valence-corrected chi connectivity index (χ4v) is 2.08. The normalized spacial score (nSPS) is 12.3. The molecule has 2 rings (SSSR count). The highest BCUT2D eigenvalue weighted by molar-refractivity contribution is 5.80. The first-order valence-electron chi connectivity index (χ1n) is 6.80. The van der Waals surface area contributed by atoms with Gasteiger partial charge in [-0.3, -0.25) is 0 Å². The average Bonchev–Trinajstić information content (AvgIpc) is 2.70. The van der Waals surface area contributed by atoms with Crippen LogP contribution in [-0.4, -0.2) is 15.0 Å². The molecule has 0 radical (unpaired) electrons. The Hall–Kier alpha value is -1.38. The number of rotatable bonds is 3. The molecule has 3 nitrogen and oxygen atoms in total. The second kappa shape index (κ2) is 4.71. The Balaban J connectivity index is 2.69. The molecule has 0 aliphatic heterocycles. The van der Waals surface area contributed by atoms with E-state index in [4.69, 9.17) is 4.98 Å². The topological polar surface area (TPSA) is 41.6 Å². The van der Waals surface area contributed by atoms with Crippen LogP contribution in [0.15, 0.2) is 6.07 Å². The predicted molar refractivity (Wildman–Crippen MR) is 76.2 cm³/mol. The zero-order chi connectivity index (χ0) is 13.4. The van der Waals surface area contributed by atoms with E-state index in [-0.39, 0.29) is 0 Å². The highest BCUT2D eigenvalue weighted by Crippen LogP contribution is 2.27. The molecule has 3 heteroatoms. The molecule has 2 aromatic rings. The molecule has 0 atom stereocenters. The molecule has 0 unspecified atom stereocenters. The van der Waals surface area contributed by atoms with E-state index in [0.717, 1.165) is 17.2 Å². The fourth-order valence-electron chi connectivity index (χ4n) is 2.08. The lowest BCUT2D eigenvalue weighted by atomic mass is 10.0. The number of hydrogen-bond acceptors (Lipinski definition) is 2. The van der Waals surface area contributed by atoms with E-state index in [1.165, 1.54) is 11.1 Å². The summed E-state index contributed by atoms with van der Waals surface area (Å²) in [6.07, 6.45) is 0. The largest absolute Gasteiger partial charge is 0.343 e. The van der Waals surface area contributed by atoms with Crippen molar-refractivity contribution in [1.29, 1.82) is 0 Å². The van der Waals surface area contributed by atoms with Gasteiger partial charge in [-0.05, 0) is 17.9 Å². The van der Waals surface area contributed by atoms with Crippen LogP contribution in [0.1, 0.15) is 76.5 Å². The van der Waals surface area contributed by atoms with Gasteiger partial charge in [-0.1, -0.05) is 41.5 Å². The van der Waals surface area contributed by atoms with Crippen molar-refractivity contribution in [1.82, 2.24) is 15.0 Å². The third-order valence-corrected chi connectivity index (χ3v) is 3.24. The first-order chi connectivity index (χ1) is 8.40. The zero-order valence-corrected chi connectivity index (χ0v) is 12.2. The van der Waals surface area contributed by atoms with Crippen LogP contribution in [0.25, 0.3) is 11.0 Å². The predicted octanol–water partition coefficient (Wildman–Crippen LogP) is 4.33. The molecule has 0 bridgehead atoms. The molecule has 2 aromatic heterocycles. The average molecular weight is 245 g/mol. The number of hydrogen-bond donors (Lipinski definition) is 1. The first kappa shape index (κ1) is 13.1. The van der Waals surface area contributed by atoms with E-state index < -0.39 is 0 Å². The Morgan fingerprint density at radius 3 is 2.06 bits per heavy atom. The van der Waals surface area contributed by atoms with Crippen LogP contribution in [0.4, 0.5) is 0 Å². The van der Waals surface area contributed by atoms with Crippen molar-refractivity contribution in [3.05, 3.63) is 23.3 Å². The summed E-state index contributed by atoms with van der Waals surface area (Å²) < 4.78 is 0. The summed E-state index contributed by atoms with van der Waals surface area (Å²) in [4.78, 5) is 12.8. The van der Waals surface area contributed by atoms with E-state index >= 15 is 0 Å². The number of aromatic nitrogens is 3. The highest BCUT2D eigenvalue weighted by Gasteiger charge is 2.16. The minimum Gasteiger partial charge on any atom is -0.343 e. The van der Waals surface area contributed by atoms with Gasteiger partial charge in [0.15, 0.2) is 0 Å². The number of nitrogens with one attached hydrogen (secondary N) is 1. The van der Waals surface area contributed by atoms with Crippen LogP contribution in [0.3, 0.4) is 0 Å². The maximum atomic E-state index is 4.74. The van der Waals surface area contributed by atoms with E-state index in [1.807, 2.05) is 0 Å². The molecule has 0 aliphatic rings. The van der Waals surface area contributed by atoms with Gasteiger partial charge in [0.05, 0.1) is 5.69 Å². The van der Waals surface area contributed by atoms with Gasteiger partial charge in [-0.2, -0.15) is 0 Å². The minimum atomic E-state index is 0.359. The lowest BCUT2D eigenvalue weighted by molar-refractivity contribution is 0.741. The summed E-state index contributed by atoms with van der Waals surface area (Å²) in [5, 5.41) is 1.18. The first-order valence-corrected chi connectivity index (χ1v) is 6.80. The molecule has 0 saturated carbocycles. The van der Waals surface area contributed by atoms with Crippen LogP contribution in [0, 0.1) is 0 Å². The number of H-pyrrole nitrogens is 1. The van der Waals surface area contributed by atoms with Gasteiger partial charge in [0.25, 0.3) is 0 Å². The summed E-state index contributed by atoms with van der Waals surface area (Å²) >= 11 is 0. The molecule has 0 spiro atoms. The second-order valence-electron chi connectivity index (χ2n) is 5.92. The lowest BCUT2D eigenvalue weighted by Crippen LogP contribution is -2.03. The van der Waals surface area contributed by atoms with Crippen LogP contribution in [0.2, 0.25) is 0 Å². The number of fused-ring (bicyclic) bond motifs is 1.